The average Bonchev–Trinajstić information content (AvgIpc) is 2.62. The van der Waals surface area contributed by atoms with Crippen molar-refractivity contribution in [2.24, 2.45) is 11.8 Å². The monoisotopic (exact) mass is 241 g/mol. The van der Waals surface area contributed by atoms with Crippen molar-refractivity contribution in [2.75, 3.05) is 13.1 Å². The molecule has 2 fully saturated rings. The molecular formula is C13H23NO3. The normalized spacial score (nSPS) is 42.4. The molecule has 2 aliphatic rings. The first-order chi connectivity index (χ1) is 8.06. The van der Waals surface area contributed by atoms with E-state index in [0.717, 1.165) is 25.9 Å². The zero-order valence-electron chi connectivity index (χ0n) is 10.9. The minimum absolute atomic E-state index is 0.0310. The summed E-state index contributed by atoms with van der Waals surface area (Å²) in [6.45, 7) is 7.85. The van der Waals surface area contributed by atoms with Crippen molar-refractivity contribution < 1.29 is 14.3 Å². The summed E-state index contributed by atoms with van der Waals surface area (Å²) >= 11 is 0. The summed E-state index contributed by atoms with van der Waals surface area (Å²) in [5.74, 6) is 0.384. The van der Waals surface area contributed by atoms with Crippen LogP contribution in [0, 0.1) is 11.8 Å². The maximum Gasteiger partial charge on any atom is 0.310 e. The first kappa shape index (κ1) is 12.8. The molecule has 0 aromatic rings. The zero-order valence-corrected chi connectivity index (χ0v) is 10.9. The second-order valence-corrected chi connectivity index (χ2v) is 5.53. The van der Waals surface area contributed by atoms with E-state index >= 15 is 0 Å². The predicted octanol–water partition coefficient (Wildman–Crippen LogP) is 1.34. The molecule has 0 aromatic heterocycles. The van der Waals surface area contributed by atoms with Gasteiger partial charge in [-0.3, -0.25) is 4.79 Å². The quantitative estimate of drug-likeness (QED) is 0.741. The SMILES string of the molecule is CC1CC(OC(=O)[C@@H]2CNC[C@H]2C)CC(C)O1. The lowest BCUT2D eigenvalue weighted by Gasteiger charge is -2.32. The molecule has 2 rings (SSSR count). The Morgan fingerprint density at radius 1 is 1.18 bits per heavy atom. The summed E-state index contributed by atoms with van der Waals surface area (Å²) in [7, 11) is 0. The van der Waals surface area contributed by atoms with Crippen LogP contribution >= 0.6 is 0 Å². The van der Waals surface area contributed by atoms with Crippen LogP contribution in [0.15, 0.2) is 0 Å². The number of hydrogen-bond donors (Lipinski definition) is 1. The molecule has 1 N–H and O–H groups in total. The van der Waals surface area contributed by atoms with Crippen molar-refractivity contribution in [1.82, 2.24) is 5.32 Å². The first-order valence-corrected chi connectivity index (χ1v) is 6.63. The molecule has 0 aromatic carbocycles. The van der Waals surface area contributed by atoms with Crippen LogP contribution in [0.4, 0.5) is 0 Å². The molecule has 2 aliphatic heterocycles. The van der Waals surface area contributed by atoms with Gasteiger partial charge < -0.3 is 14.8 Å². The highest BCUT2D eigenvalue weighted by Crippen LogP contribution is 2.24. The Labute approximate surface area is 103 Å². The van der Waals surface area contributed by atoms with E-state index in [2.05, 4.69) is 12.2 Å². The Morgan fingerprint density at radius 2 is 1.82 bits per heavy atom. The summed E-state index contributed by atoms with van der Waals surface area (Å²) in [6, 6.07) is 0. The summed E-state index contributed by atoms with van der Waals surface area (Å²) in [5.41, 5.74) is 0. The molecule has 0 radical (unpaired) electrons. The molecule has 2 heterocycles. The van der Waals surface area contributed by atoms with E-state index in [1.165, 1.54) is 0 Å². The Bertz CT molecular complexity index is 272. The van der Waals surface area contributed by atoms with Gasteiger partial charge in [0.2, 0.25) is 0 Å². The van der Waals surface area contributed by atoms with Gasteiger partial charge in [0.25, 0.3) is 0 Å². The lowest BCUT2D eigenvalue weighted by atomic mass is 9.97. The molecule has 0 aliphatic carbocycles. The van der Waals surface area contributed by atoms with E-state index in [1.807, 2.05) is 13.8 Å². The van der Waals surface area contributed by atoms with E-state index in [1.54, 1.807) is 0 Å². The van der Waals surface area contributed by atoms with Gasteiger partial charge in [0.15, 0.2) is 0 Å². The minimum Gasteiger partial charge on any atom is -0.462 e. The smallest absolute Gasteiger partial charge is 0.310 e. The average molecular weight is 241 g/mol. The molecule has 4 atom stereocenters. The van der Waals surface area contributed by atoms with Gasteiger partial charge in [-0.25, -0.2) is 0 Å². The summed E-state index contributed by atoms with van der Waals surface area (Å²) in [6.07, 6.45) is 2.07. The molecule has 0 amide bonds. The van der Waals surface area contributed by atoms with E-state index < -0.39 is 0 Å². The lowest BCUT2D eigenvalue weighted by molar-refractivity contribution is -0.164. The van der Waals surface area contributed by atoms with Crippen LogP contribution in [-0.2, 0) is 14.3 Å². The maximum atomic E-state index is 12.0. The predicted molar refractivity (Wildman–Crippen MR) is 64.6 cm³/mol. The molecule has 0 bridgehead atoms. The third-order valence-corrected chi connectivity index (χ3v) is 3.76. The molecule has 0 saturated carbocycles. The summed E-state index contributed by atoms with van der Waals surface area (Å²) in [5, 5.41) is 3.23. The molecular weight excluding hydrogens is 218 g/mol. The van der Waals surface area contributed by atoms with Crippen LogP contribution in [0.5, 0.6) is 0 Å². The highest BCUT2D eigenvalue weighted by atomic mass is 16.6. The Hall–Kier alpha value is -0.610. The second kappa shape index (κ2) is 5.36. The van der Waals surface area contributed by atoms with Crippen LogP contribution in [0.1, 0.15) is 33.6 Å². The number of rotatable bonds is 2. The van der Waals surface area contributed by atoms with Crippen molar-refractivity contribution in [3.63, 3.8) is 0 Å². The van der Waals surface area contributed by atoms with Crippen molar-refractivity contribution in [2.45, 2.75) is 51.9 Å². The van der Waals surface area contributed by atoms with E-state index in [-0.39, 0.29) is 30.2 Å². The number of carbonyl (C=O) groups is 1. The second-order valence-electron chi connectivity index (χ2n) is 5.53. The first-order valence-electron chi connectivity index (χ1n) is 6.63. The fraction of sp³-hybridized carbons (Fsp3) is 0.923. The van der Waals surface area contributed by atoms with Crippen molar-refractivity contribution in [3.05, 3.63) is 0 Å². The molecule has 0 spiro atoms. The van der Waals surface area contributed by atoms with E-state index in [0.29, 0.717) is 5.92 Å². The van der Waals surface area contributed by atoms with Crippen LogP contribution in [-0.4, -0.2) is 37.4 Å². The number of ether oxygens (including phenoxy) is 2. The van der Waals surface area contributed by atoms with Crippen LogP contribution in [0.2, 0.25) is 0 Å². The third-order valence-electron chi connectivity index (χ3n) is 3.76. The highest BCUT2D eigenvalue weighted by Gasteiger charge is 2.34. The van der Waals surface area contributed by atoms with Gasteiger partial charge in [0, 0.05) is 19.4 Å². The van der Waals surface area contributed by atoms with Gasteiger partial charge >= 0.3 is 5.97 Å². The Morgan fingerprint density at radius 3 is 2.35 bits per heavy atom. The topological polar surface area (TPSA) is 47.6 Å². The summed E-state index contributed by atoms with van der Waals surface area (Å²) in [4.78, 5) is 12.0. The largest absolute Gasteiger partial charge is 0.462 e. The Kier molecular flexibility index (Phi) is 4.05. The molecule has 4 heteroatoms. The fourth-order valence-corrected chi connectivity index (χ4v) is 2.82. The van der Waals surface area contributed by atoms with Crippen molar-refractivity contribution >= 4 is 5.97 Å². The maximum absolute atomic E-state index is 12.0. The van der Waals surface area contributed by atoms with Gasteiger partial charge in [-0.05, 0) is 26.3 Å². The lowest BCUT2D eigenvalue weighted by Crippen LogP contribution is -2.37. The Balaban J connectivity index is 1.85. The van der Waals surface area contributed by atoms with Gasteiger partial charge in [0.1, 0.15) is 6.10 Å². The van der Waals surface area contributed by atoms with Crippen LogP contribution < -0.4 is 5.32 Å². The van der Waals surface area contributed by atoms with Gasteiger partial charge in [-0.1, -0.05) is 6.92 Å². The standard InChI is InChI=1S/C13H23NO3/c1-8-6-14-7-12(8)13(15)17-11-4-9(2)16-10(3)5-11/h8-12,14H,4-7H2,1-3H3/t8-,9?,10?,11?,12-/m1/s1. The third kappa shape index (κ3) is 3.19. The number of hydrogen-bond acceptors (Lipinski definition) is 4. The fourth-order valence-electron chi connectivity index (χ4n) is 2.82. The van der Waals surface area contributed by atoms with Crippen molar-refractivity contribution in [1.29, 1.82) is 0 Å². The van der Waals surface area contributed by atoms with Gasteiger partial charge in [0.05, 0.1) is 18.1 Å². The molecule has 17 heavy (non-hydrogen) atoms. The number of esters is 1. The van der Waals surface area contributed by atoms with E-state index in [4.69, 9.17) is 9.47 Å². The summed E-state index contributed by atoms with van der Waals surface area (Å²) < 4.78 is 11.3. The van der Waals surface area contributed by atoms with Crippen molar-refractivity contribution in [3.8, 4) is 0 Å². The van der Waals surface area contributed by atoms with Gasteiger partial charge in [-0.15, -0.1) is 0 Å². The van der Waals surface area contributed by atoms with Crippen LogP contribution in [0.3, 0.4) is 0 Å². The molecule has 4 nitrogen and oxygen atoms in total. The number of carbonyl (C=O) groups excluding carboxylic acids is 1. The van der Waals surface area contributed by atoms with E-state index in [9.17, 15) is 4.79 Å². The molecule has 2 unspecified atom stereocenters. The zero-order chi connectivity index (χ0) is 12.4. The molecule has 2 saturated heterocycles. The highest BCUT2D eigenvalue weighted by molar-refractivity contribution is 5.73. The number of nitrogens with one attached hydrogen (secondary N) is 1. The van der Waals surface area contributed by atoms with Gasteiger partial charge in [-0.2, -0.15) is 0 Å². The molecule has 98 valence electrons. The minimum atomic E-state index is -0.0335. The van der Waals surface area contributed by atoms with Crippen LogP contribution in [0.25, 0.3) is 0 Å².